The van der Waals surface area contributed by atoms with E-state index in [0.717, 1.165) is 17.3 Å². The van der Waals surface area contributed by atoms with Crippen molar-refractivity contribution in [1.82, 2.24) is 5.32 Å². The summed E-state index contributed by atoms with van der Waals surface area (Å²) in [5, 5.41) is 13.9. The van der Waals surface area contributed by atoms with E-state index < -0.39 is 47.2 Å². The Morgan fingerprint density at radius 1 is 1.02 bits per heavy atom. The molecule has 0 bridgehead atoms. The first-order chi connectivity index (χ1) is 18.6. The molecule has 220 valence electrons. The lowest BCUT2D eigenvalue weighted by Crippen LogP contribution is -2.53. The van der Waals surface area contributed by atoms with E-state index in [2.05, 4.69) is 5.32 Å². The van der Waals surface area contributed by atoms with Gasteiger partial charge in [-0.25, -0.2) is 13.6 Å². The van der Waals surface area contributed by atoms with Crippen LogP contribution in [0.1, 0.15) is 65.5 Å². The minimum absolute atomic E-state index is 0.251. The molecule has 1 heterocycles. The molecule has 1 aliphatic rings. The number of alkyl carbamates (subject to hydrolysis) is 1. The average molecular weight is 563 g/mol. The zero-order chi connectivity index (χ0) is 29.7. The molecule has 2 atom stereocenters. The van der Waals surface area contributed by atoms with Gasteiger partial charge in [0, 0.05) is 18.3 Å². The first kappa shape index (κ1) is 31.1. The number of esters is 1. The highest BCUT2D eigenvalue weighted by molar-refractivity contribution is 5.74. The number of nitrogens with zero attached hydrogens (tertiary/aromatic N) is 1. The van der Waals surface area contributed by atoms with Gasteiger partial charge in [-0.1, -0.05) is 6.07 Å². The second-order valence-electron chi connectivity index (χ2n) is 11.9. The monoisotopic (exact) mass is 562 g/mol. The predicted molar refractivity (Wildman–Crippen MR) is 147 cm³/mol. The van der Waals surface area contributed by atoms with Gasteiger partial charge in [0.15, 0.2) is 0 Å². The third kappa shape index (κ3) is 9.36. The lowest BCUT2D eigenvalue weighted by molar-refractivity contribution is -0.156. The minimum atomic E-state index is -1.22. The van der Waals surface area contributed by atoms with Gasteiger partial charge in [0.05, 0.1) is 19.1 Å². The standard InChI is InChI=1S/C30H40F2N2O6/c1-29(2,3)39-26(35)18-24(33-28(37)40-30(4,5)6)27(36)34-14-13-20-16-22(11-12-25(20)34)38-15-7-8-19-9-10-21(31)17-23(19)32/h9-12,16-17,24,27,36H,7-8,13-15,18H2,1-6H3,(H,33,37)/t24-,27?/m1/s1. The van der Waals surface area contributed by atoms with Crippen molar-refractivity contribution in [2.75, 3.05) is 18.1 Å². The fraction of sp³-hybridized carbons (Fsp3) is 0.533. The van der Waals surface area contributed by atoms with Crippen molar-refractivity contribution >= 4 is 17.7 Å². The second kappa shape index (κ2) is 12.8. The molecule has 2 aromatic rings. The summed E-state index contributed by atoms with van der Waals surface area (Å²) in [5.74, 6) is -1.10. The van der Waals surface area contributed by atoms with Crippen LogP contribution in [0.25, 0.3) is 0 Å². The maximum Gasteiger partial charge on any atom is 0.408 e. The highest BCUT2D eigenvalue weighted by atomic mass is 19.1. The molecule has 0 fully saturated rings. The van der Waals surface area contributed by atoms with E-state index >= 15 is 0 Å². The van der Waals surface area contributed by atoms with Crippen LogP contribution >= 0.6 is 0 Å². The smallest absolute Gasteiger partial charge is 0.408 e. The number of aliphatic hydroxyl groups is 1. The largest absolute Gasteiger partial charge is 0.494 e. The first-order valence-corrected chi connectivity index (χ1v) is 13.5. The molecule has 40 heavy (non-hydrogen) atoms. The summed E-state index contributed by atoms with van der Waals surface area (Å²) in [5.41, 5.74) is 0.657. The molecular formula is C30H40F2N2O6. The van der Waals surface area contributed by atoms with E-state index in [1.165, 1.54) is 12.1 Å². The lowest BCUT2D eigenvalue weighted by Gasteiger charge is -2.33. The number of hydrogen-bond donors (Lipinski definition) is 2. The number of benzene rings is 2. The molecule has 2 N–H and O–H groups in total. The third-order valence-corrected chi connectivity index (χ3v) is 6.04. The van der Waals surface area contributed by atoms with Gasteiger partial charge in [0.2, 0.25) is 0 Å². The van der Waals surface area contributed by atoms with Crippen LogP contribution in [-0.4, -0.2) is 53.8 Å². The van der Waals surface area contributed by atoms with Crippen LogP contribution in [0.4, 0.5) is 19.3 Å². The molecule has 0 aliphatic carbocycles. The molecule has 0 aromatic heterocycles. The molecule has 10 heteroatoms. The topological polar surface area (TPSA) is 97.3 Å². The van der Waals surface area contributed by atoms with Gasteiger partial charge in [-0.05, 0) is 96.2 Å². The van der Waals surface area contributed by atoms with Gasteiger partial charge in [0.25, 0.3) is 0 Å². The van der Waals surface area contributed by atoms with Crippen molar-refractivity contribution in [2.24, 2.45) is 0 Å². The van der Waals surface area contributed by atoms with Crippen LogP contribution in [0.2, 0.25) is 0 Å². The zero-order valence-corrected chi connectivity index (χ0v) is 24.1. The quantitative estimate of drug-likeness (QED) is 0.300. The first-order valence-electron chi connectivity index (χ1n) is 13.5. The van der Waals surface area contributed by atoms with Gasteiger partial charge in [-0.2, -0.15) is 0 Å². The van der Waals surface area contributed by atoms with Crippen LogP contribution in [0, 0.1) is 11.6 Å². The Morgan fingerprint density at radius 3 is 2.38 bits per heavy atom. The van der Waals surface area contributed by atoms with E-state index in [4.69, 9.17) is 14.2 Å². The minimum Gasteiger partial charge on any atom is -0.494 e. The number of carbonyl (C=O) groups is 2. The van der Waals surface area contributed by atoms with E-state index in [0.29, 0.717) is 43.7 Å². The number of anilines is 1. The van der Waals surface area contributed by atoms with Crippen molar-refractivity contribution < 1.29 is 37.7 Å². The van der Waals surface area contributed by atoms with E-state index in [1.807, 2.05) is 12.1 Å². The summed E-state index contributed by atoms with van der Waals surface area (Å²) >= 11 is 0. The fourth-order valence-electron chi connectivity index (χ4n) is 4.42. The zero-order valence-electron chi connectivity index (χ0n) is 24.1. The van der Waals surface area contributed by atoms with Crippen LogP contribution < -0.4 is 15.0 Å². The maximum atomic E-state index is 13.8. The van der Waals surface area contributed by atoms with Gasteiger partial charge in [-0.3, -0.25) is 4.79 Å². The number of ether oxygens (including phenoxy) is 3. The molecule has 1 aliphatic heterocycles. The highest BCUT2D eigenvalue weighted by Gasteiger charge is 2.35. The number of aryl methyl sites for hydroxylation is 1. The van der Waals surface area contributed by atoms with Crippen molar-refractivity contribution in [3.63, 3.8) is 0 Å². The van der Waals surface area contributed by atoms with Crippen molar-refractivity contribution in [2.45, 2.75) is 90.7 Å². The van der Waals surface area contributed by atoms with Gasteiger partial charge in [0.1, 0.15) is 34.8 Å². The van der Waals surface area contributed by atoms with E-state index in [1.54, 1.807) is 52.5 Å². The highest BCUT2D eigenvalue weighted by Crippen LogP contribution is 2.33. The fourth-order valence-corrected chi connectivity index (χ4v) is 4.42. The van der Waals surface area contributed by atoms with E-state index in [9.17, 15) is 23.5 Å². The van der Waals surface area contributed by atoms with Crippen LogP contribution in [-0.2, 0) is 27.1 Å². The van der Waals surface area contributed by atoms with Crippen molar-refractivity contribution in [3.8, 4) is 5.75 Å². The molecule has 3 rings (SSSR count). The molecule has 2 aromatic carbocycles. The van der Waals surface area contributed by atoms with Crippen LogP contribution in [0.15, 0.2) is 36.4 Å². The Morgan fingerprint density at radius 2 is 1.73 bits per heavy atom. The molecule has 0 radical (unpaired) electrons. The number of carbonyl (C=O) groups excluding carboxylic acids is 2. The Hall–Kier alpha value is -3.40. The van der Waals surface area contributed by atoms with Gasteiger partial charge >= 0.3 is 12.1 Å². The molecule has 1 amide bonds. The SMILES string of the molecule is CC(C)(C)OC(=O)C[C@@H](NC(=O)OC(C)(C)C)C(O)N1CCc2cc(OCCCc3ccc(F)cc3F)ccc21. The van der Waals surface area contributed by atoms with Gasteiger partial charge in [-0.15, -0.1) is 0 Å². The number of rotatable bonds is 10. The number of aliphatic hydroxyl groups excluding tert-OH is 1. The van der Waals surface area contributed by atoms with Crippen molar-refractivity contribution in [1.29, 1.82) is 0 Å². The van der Waals surface area contributed by atoms with Crippen LogP contribution in [0.3, 0.4) is 0 Å². The Bertz CT molecular complexity index is 1160. The molecule has 0 saturated carbocycles. The number of nitrogens with one attached hydrogen (secondary N) is 1. The predicted octanol–water partition coefficient (Wildman–Crippen LogP) is 5.28. The number of halogens is 2. The third-order valence-electron chi connectivity index (χ3n) is 6.04. The summed E-state index contributed by atoms with van der Waals surface area (Å²) in [4.78, 5) is 26.8. The van der Waals surface area contributed by atoms with Gasteiger partial charge < -0.3 is 29.5 Å². The Labute approximate surface area is 234 Å². The van der Waals surface area contributed by atoms with Crippen LogP contribution in [0.5, 0.6) is 5.75 Å². The van der Waals surface area contributed by atoms with E-state index in [-0.39, 0.29) is 6.42 Å². The molecule has 0 spiro atoms. The number of hydrogen-bond acceptors (Lipinski definition) is 7. The summed E-state index contributed by atoms with van der Waals surface area (Å²) in [6, 6.07) is 8.03. The summed E-state index contributed by atoms with van der Waals surface area (Å²) in [7, 11) is 0. The molecule has 1 unspecified atom stereocenters. The number of fused-ring (bicyclic) bond motifs is 1. The average Bonchev–Trinajstić information content (AvgIpc) is 3.23. The summed E-state index contributed by atoms with van der Waals surface area (Å²) < 4.78 is 43.5. The lowest BCUT2D eigenvalue weighted by atomic mass is 10.1. The molecule has 8 nitrogen and oxygen atoms in total. The molecule has 0 saturated heterocycles. The normalized spacial score (nSPS) is 14.8. The molecular weight excluding hydrogens is 522 g/mol. The number of amides is 1. The Balaban J connectivity index is 1.65. The summed E-state index contributed by atoms with van der Waals surface area (Å²) in [6.45, 7) is 11.2. The summed E-state index contributed by atoms with van der Waals surface area (Å²) in [6.07, 6.45) is -0.633. The maximum absolute atomic E-state index is 13.8. The Kier molecular flexibility index (Phi) is 10.00. The second-order valence-corrected chi connectivity index (χ2v) is 11.9. The van der Waals surface area contributed by atoms with Crippen molar-refractivity contribution in [3.05, 3.63) is 59.2 Å².